The summed E-state index contributed by atoms with van der Waals surface area (Å²) in [7, 11) is 5.40. The topological polar surface area (TPSA) is 61.9 Å². The van der Waals surface area contributed by atoms with Gasteiger partial charge in [0.15, 0.2) is 0 Å². The third-order valence-electron chi connectivity index (χ3n) is 4.54. The fourth-order valence-corrected chi connectivity index (χ4v) is 3.51. The number of halogens is 2. The van der Waals surface area contributed by atoms with Crippen LogP contribution < -0.4 is 10.2 Å². The second-order valence-electron chi connectivity index (χ2n) is 6.70. The van der Waals surface area contributed by atoms with Crippen LogP contribution in [0.15, 0.2) is 48.2 Å². The minimum Gasteiger partial charge on any atom is -0.383 e. The Morgan fingerprint density at radius 1 is 1.03 bits per heavy atom. The van der Waals surface area contributed by atoms with Crippen molar-refractivity contribution in [3.05, 3.63) is 63.8 Å². The van der Waals surface area contributed by atoms with Crippen LogP contribution in [0.4, 0.5) is 11.4 Å². The highest BCUT2D eigenvalue weighted by Gasteiger charge is 2.39. The first kappa shape index (κ1) is 21.2. The van der Waals surface area contributed by atoms with E-state index >= 15 is 0 Å². The van der Waals surface area contributed by atoms with Crippen LogP contribution >= 0.6 is 23.2 Å². The van der Waals surface area contributed by atoms with Crippen LogP contribution in [0.1, 0.15) is 5.56 Å². The predicted molar refractivity (Wildman–Crippen MR) is 116 cm³/mol. The van der Waals surface area contributed by atoms with Gasteiger partial charge >= 0.3 is 0 Å². The molecule has 1 N–H and O–H groups in total. The lowest BCUT2D eigenvalue weighted by Crippen LogP contribution is -2.35. The van der Waals surface area contributed by atoms with E-state index in [1.54, 1.807) is 18.2 Å². The molecule has 6 nitrogen and oxygen atoms in total. The van der Waals surface area contributed by atoms with Gasteiger partial charge in [0.2, 0.25) is 0 Å². The number of hydrogen-bond acceptors (Lipinski definition) is 5. The molecule has 0 radical (unpaired) electrons. The van der Waals surface area contributed by atoms with Gasteiger partial charge in [-0.25, -0.2) is 0 Å². The Labute approximate surface area is 179 Å². The van der Waals surface area contributed by atoms with Gasteiger partial charge in [-0.3, -0.25) is 14.5 Å². The first-order valence-corrected chi connectivity index (χ1v) is 9.68. The quantitative estimate of drug-likeness (QED) is 0.670. The van der Waals surface area contributed by atoms with Crippen LogP contribution in [0.2, 0.25) is 10.0 Å². The first-order valence-electron chi connectivity index (χ1n) is 8.92. The number of carbonyl (C=O) groups excluding carboxylic acids is 2. The van der Waals surface area contributed by atoms with Gasteiger partial charge in [-0.05, 0) is 36.4 Å². The van der Waals surface area contributed by atoms with Gasteiger partial charge < -0.3 is 15.0 Å². The highest BCUT2D eigenvalue weighted by molar-refractivity contribution is 6.41. The second kappa shape index (κ2) is 8.86. The van der Waals surface area contributed by atoms with Crippen molar-refractivity contribution in [2.45, 2.75) is 0 Å². The third kappa shape index (κ3) is 4.40. The largest absolute Gasteiger partial charge is 0.383 e. The molecule has 0 atom stereocenters. The van der Waals surface area contributed by atoms with Crippen molar-refractivity contribution in [3.8, 4) is 0 Å². The number of amides is 2. The van der Waals surface area contributed by atoms with E-state index in [9.17, 15) is 9.59 Å². The fraction of sp³-hybridized carbons (Fsp3) is 0.238. The molecule has 8 heteroatoms. The van der Waals surface area contributed by atoms with E-state index in [2.05, 4.69) is 5.32 Å². The average molecular weight is 434 g/mol. The first-order chi connectivity index (χ1) is 13.8. The Hall–Kier alpha value is -2.54. The van der Waals surface area contributed by atoms with Gasteiger partial charge in [0.1, 0.15) is 5.70 Å². The van der Waals surface area contributed by atoms with Crippen LogP contribution in [0.25, 0.3) is 5.57 Å². The van der Waals surface area contributed by atoms with E-state index in [4.69, 9.17) is 27.9 Å². The molecular formula is C21H21Cl2N3O3. The van der Waals surface area contributed by atoms with Crippen LogP contribution in [0.3, 0.4) is 0 Å². The molecule has 1 heterocycles. The summed E-state index contributed by atoms with van der Waals surface area (Å²) in [5.41, 5.74) is 2.53. The molecule has 152 valence electrons. The molecule has 3 rings (SSSR count). The Bertz CT molecular complexity index is 972. The number of ether oxygens (including phenoxy) is 1. The number of carbonyl (C=O) groups is 2. The molecule has 0 saturated carbocycles. The Kier molecular flexibility index (Phi) is 6.47. The number of anilines is 2. The van der Waals surface area contributed by atoms with Gasteiger partial charge in [-0.1, -0.05) is 29.3 Å². The van der Waals surface area contributed by atoms with E-state index in [0.717, 1.165) is 10.6 Å². The Morgan fingerprint density at radius 2 is 1.72 bits per heavy atom. The second-order valence-corrected chi connectivity index (χ2v) is 7.54. The van der Waals surface area contributed by atoms with Crippen molar-refractivity contribution in [2.24, 2.45) is 0 Å². The fourth-order valence-electron chi connectivity index (χ4n) is 3.01. The van der Waals surface area contributed by atoms with Gasteiger partial charge in [-0.15, -0.1) is 0 Å². The van der Waals surface area contributed by atoms with Gasteiger partial charge in [-0.2, -0.15) is 0 Å². The zero-order chi connectivity index (χ0) is 21.1. The van der Waals surface area contributed by atoms with E-state index in [0.29, 0.717) is 21.3 Å². The molecule has 1 aliphatic heterocycles. The summed E-state index contributed by atoms with van der Waals surface area (Å²) < 4.78 is 5.04. The smallest absolute Gasteiger partial charge is 0.278 e. The lowest BCUT2D eigenvalue weighted by Gasteiger charge is -2.15. The van der Waals surface area contributed by atoms with E-state index in [1.807, 2.05) is 43.3 Å². The normalized spacial score (nSPS) is 14.0. The Morgan fingerprint density at radius 3 is 2.31 bits per heavy atom. The lowest BCUT2D eigenvalue weighted by atomic mass is 10.0. The Balaban J connectivity index is 2.04. The van der Waals surface area contributed by atoms with Gasteiger partial charge in [0, 0.05) is 43.2 Å². The molecule has 0 unspecified atom stereocenters. The number of rotatable bonds is 7. The summed E-state index contributed by atoms with van der Waals surface area (Å²) >= 11 is 12.3. The molecule has 0 saturated heterocycles. The molecule has 0 fully saturated rings. The number of nitrogens with one attached hydrogen (secondary N) is 1. The molecule has 0 bridgehead atoms. The highest BCUT2D eigenvalue weighted by Crippen LogP contribution is 2.35. The number of imide groups is 1. The van der Waals surface area contributed by atoms with Crippen molar-refractivity contribution in [3.63, 3.8) is 0 Å². The van der Waals surface area contributed by atoms with Crippen molar-refractivity contribution in [1.29, 1.82) is 0 Å². The standard InChI is InChI=1S/C21H21Cl2N3O3/c1-25(2)15-7-5-14(6-8-15)24-19-18(16-9-4-13(22)12-17(16)23)20(27)26(21(19)28)10-11-29-3/h4-9,12,24H,10-11H2,1-3H3. The summed E-state index contributed by atoms with van der Waals surface area (Å²) in [6.45, 7) is 0.386. The third-order valence-corrected chi connectivity index (χ3v) is 5.09. The molecule has 2 amide bonds. The molecule has 29 heavy (non-hydrogen) atoms. The van der Waals surface area contributed by atoms with Crippen LogP contribution in [-0.4, -0.2) is 51.1 Å². The monoisotopic (exact) mass is 433 g/mol. The van der Waals surface area contributed by atoms with Gasteiger partial charge in [0.05, 0.1) is 23.7 Å². The molecule has 1 aliphatic rings. The van der Waals surface area contributed by atoms with Crippen molar-refractivity contribution >= 4 is 52.0 Å². The highest BCUT2D eigenvalue weighted by atomic mass is 35.5. The van der Waals surface area contributed by atoms with Crippen molar-refractivity contribution in [1.82, 2.24) is 4.90 Å². The molecule has 2 aromatic rings. The molecule has 0 spiro atoms. The lowest BCUT2D eigenvalue weighted by molar-refractivity contribution is -0.137. The number of methoxy groups -OCH3 is 1. The van der Waals surface area contributed by atoms with E-state index in [1.165, 1.54) is 7.11 Å². The summed E-state index contributed by atoms with van der Waals surface area (Å²) in [6, 6.07) is 12.3. The SMILES string of the molecule is COCCN1C(=O)C(Nc2ccc(N(C)C)cc2)=C(c2ccc(Cl)cc2Cl)C1=O. The molecule has 2 aromatic carbocycles. The van der Waals surface area contributed by atoms with Crippen LogP contribution in [0, 0.1) is 0 Å². The average Bonchev–Trinajstić information content (AvgIpc) is 2.91. The minimum absolute atomic E-state index is 0.146. The maximum Gasteiger partial charge on any atom is 0.278 e. The zero-order valence-electron chi connectivity index (χ0n) is 16.3. The van der Waals surface area contributed by atoms with Crippen molar-refractivity contribution < 1.29 is 14.3 Å². The number of nitrogens with zero attached hydrogens (tertiary/aromatic N) is 2. The number of hydrogen-bond donors (Lipinski definition) is 1. The van der Waals surface area contributed by atoms with Crippen LogP contribution in [0.5, 0.6) is 0 Å². The summed E-state index contributed by atoms with van der Waals surface area (Å²) in [5, 5.41) is 3.84. The maximum absolute atomic E-state index is 13.1. The molecule has 0 aromatic heterocycles. The summed E-state index contributed by atoms with van der Waals surface area (Å²) in [5.74, 6) is -0.853. The van der Waals surface area contributed by atoms with Crippen molar-refractivity contribution in [2.75, 3.05) is 44.6 Å². The van der Waals surface area contributed by atoms with Gasteiger partial charge in [0.25, 0.3) is 11.8 Å². The van der Waals surface area contributed by atoms with E-state index in [-0.39, 0.29) is 24.4 Å². The predicted octanol–water partition coefficient (Wildman–Crippen LogP) is 3.90. The van der Waals surface area contributed by atoms with Crippen LogP contribution in [-0.2, 0) is 14.3 Å². The zero-order valence-corrected chi connectivity index (χ0v) is 17.8. The molecular weight excluding hydrogens is 413 g/mol. The summed E-state index contributed by atoms with van der Waals surface area (Å²) in [4.78, 5) is 29.2. The summed E-state index contributed by atoms with van der Waals surface area (Å²) in [6.07, 6.45) is 0. The molecule has 0 aliphatic carbocycles. The van der Waals surface area contributed by atoms with E-state index < -0.39 is 11.8 Å². The minimum atomic E-state index is -0.427. The number of benzene rings is 2. The maximum atomic E-state index is 13.1.